The quantitative estimate of drug-likeness (QED) is 0.831. The van der Waals surface area contributed by atoms with E-state index >= 15 is 0 Å². The Morgan fingerprint density at radius 2 is 2.04 bits per heavy atom. The van der Waals surface area contributed by atoms with E-state index in [1.807, 2.05) is 7.11 Å². The summed E-state index contributed by atoms with van der Waals surface area (Å²) >= 11 is 3.63. The SMILES string of the molecule is CCC1=NC2(N=C1N)c1cc(Br)ccc1CC21CCC(OC)CC1. The first-order valence-electron chi connectivity index (χ1n) is 8.80. The smallest absolute Gasteiger partial charge is 0.184 e. The number of hydrogen-bond acceptors (Lipinski definition) is 4. The molecule has 0 aromatic heterocycles. The zero-order valence-corrected chi connectivity index (χ0v) is 15.9. The lowest BCUT2D eigenvalue weighted by atomic mass is 9.65. The molecule has 1 heterocycles. The lowest BCUT2D eigenvalue weighted by Gasteiger charge is -2.44. The Hall–Kier alpha value is -1.20. The molecular formula is C19H24BrN3O. The van der Waals surface area contributed by atoms with Gasteiger partial charge in [-0.25, -0.2) is 4.99 Å². The van der Waals surface area contributed by atoms with Crippen LogP contribution in [0.25, 0.3) is 0 Å². The summed E-state index contributed by atoms with van der Waals surface area (Å²) in [6.07, 6.45) is 6.52. The van der Waals surface area contributed by atoms with Crippen LogP contribution in [0.4, 0.5) is 0 Å². The summed E-state index contributed by atoms with van der Waals surface area (Å²) in [5, 5.41) is 0. The zero-order valence-electron chi connectivity index (χ0n) is 14.3. The largest absolute Gasteiger partial charge is 0.382 e. The van der Waals surface area contributed by atoms with Crippen LogP contribution < -0.4 is 5.73 Å². The average Bonchev–Trinajstić information content (AvgIpc) is 3.06. The molecule has 1 atom stereocenters. The van der Waals surface area contributed by atoms with Crippen molar-refractivity contribution in [1.29, 1.82) is 0 Å². The Morgan fingerprint density at radius 1 is 1.29 bits per heavy atom. The fraction of sp³-hybridized carbons (Fsp3) is 0.579. The van der Waals surface area contributed by atoms with Gasteiger partial charge < -0.3 is 10.5 Å². The Labute approximate surface area is 151 Å². The van der Waals surface area contributed by atoms with Crippen molar-refractivity contribution in [2.24, 2.45) is 21.1 Å². The van der Waals surface area contributed by atoms with Crippen LogP contribution in [0.5, 0.6) is 0 Å². The molecule has 128 valence electrons. The van der Waals surface area contributed by atoms with E-state index in [4.69, 9.17) is 20.5 Å². The van der Waals surface area contributed by atoms with Crippen molar-refractivity contribution < 1.29 is 4.74 Å². The summed E-state index contributed by atoms with van der Waals surface area (Å²) < 4.78 is 6.68. The van der Waals surface area contributed by atoms with Crippen LogP contribution in [0.3, 0.4) is 0 Å². The third kappa shape index (κ3) is 2.14. The van der Waals surface area contributed by atoms with E-state index in [-0.39, 0.29) is 5.41 Å². The molecule has 4 rings (SSSR count). The molecule has 2 aliphatic carbocycles. The second-order valence-electron chi connectivity index (χ2n) is 7.27. The maximum atomic E-state index is 6.27. The molecule has 3 aliphatic rings. The number of hydrogen-bond donors (Lipinski definition) is 1. The van der Waals surface area contributed by atoms with Crippen LogP contribution in [0.15, 0.2) is 32.7 Å². The number of nitrogens with two attached hydrogens (primary N) is 1. The van der Waals surface area contributed by atoms with Crippen LogP contribution in [-0.4, -0.2) is 24.8 Å². The Morgan fingerprint density at radius 3 is 2.67 bits per heavy atom. The van der Waals surface area contributed by atoms with Crippen molar-refractivity contribution in [1.82, 2.24) is 0 Å². The van der Waals surface area contributed by atoms with Gasteiger partial charge in [0.25, 0.3) is 0 Å². The first-order valence-corrected chi connectivity index (χ1v) is 9.59. The molecule has 0 saturated heterocycles. The monoisotopic (exact) mass is 389 g/mol. The number of nitrogens with zero attached hydrogens (tertiary/aromatic N) is 2. The molecule has 1 aromatic rings. The molecule has 0 radical (unpaired) electrons. The minimum Gasteiger partial charge on any atom is -0.382 e. The van der Waals surface area contributed by atoms with E-state index in [0.29, 0.717) is 11.9 Å². The Kier molecular flexibility index (Phi) is 3.84. The van der Waals surface area contributed by atoms with Gasteiger partial charge in [0.15, 0.2) is 5.66 Å². The Balaban J connectivity index is 1.86. The molecule has 2 spiro atoms. The van der Waals surface area contributed by atoms with Crippen molar-refractivity contribution in [3.8, 4) is 0 Å². The third-order valence-electron chi connectivity index (χ3n) is 6.15. The van der Waals surface area contributed by atoms with Crippen molar-refractivity contribution in [3.63, 3.8) is 0 Å². The number of aliphatic imine (C=N–C) groups is 2. The fourth-order valence-electron chi connectivity index (χ4n) is 4.84. The lowest BCUT2D eigenvalue weighted by Crippen LogP contribution is -2.43. The summed E-state index contributed by atoms with van der Waals surface area (Å²) in [5.41, 5.74) is 9.33. The summed E-state index contributed by atoms with van der Waals surface area (Å²) in [6, 6.07) is 6.55. The summed E-state index contributed by atoms with van der Waals surface area (Å²) in [5.74, 6) is 0.624. The highest BCUT2D eigenvalue weighted by atomic mass is 79.9. The van der Waals surface area contributed by atoms with Gasteiger partial charge in [0.05, 0.1) is 11.8 Å². The van der Waals surface area contributed by atoms with E-state index < -0.39 is 5.66 Å². The van der Waals surface area contributed by atoms with Gasteiger partial charge in [-0.2, -0.15) is 0 Å². The minimum absolute atomic E-state index is 0.0344. The highest BCUT2D eigenvalue weighted by Crippen LogP contribution is 2.62. The second kappa shape index (κ2) is 5.67. The highest BCUT2D eigenvalue weighted by molar-refractivity contribution is 9.10. The van der Waals surface area contributed by atoms with Gasteiger partial charge >= 0.3 is 0 Å². The molecule has 1 unspecified atom stereocenters. The predicted octanol–water partition coefficient (Wildman–Crippen LogP) is 3.96. The van der Waals surface area contributed by atoms with Crippen LogP contribution >= 0.6 is 15.9 Å². The number of halogens is 1. The van der Waals surface area contributed by atoms with E-state index in [0.717, 1.165) is 48.7 Å². The van der Waals surface area contributed by atoms with Crippen molar-refractivity contribution in [2.45, 2.75) is 57.2 Å². The zero-order chi connectivity index (χ0) is 16.9. The molecule has 5 heteroatoms. The van der Waals surface area contributed by atoms with Gasteiger partial charge in [0.2, 0.25) is 0 Å². The topological polar surface area (TPSA) is 60.0 Å². The molecule has 4 nitrogen and oxygen atoms in total. The number of ether oxygens (including phenoxy) is 1. The maximum Gasteiger partial charge on any atom is 0.184 e. The molecule has 1 aromatic carbocycles. The number of amidine groups is 1. The van der Waals surface area contributed by atoms with Gasteiger partial charge in [0, 0.05) is 22.6 Å². The molecular weight excluding hydrogens is 366 g/mol. The van der Waals surface area contributed by atoms with E-state index in [9.17, 15) is 0 Å². The fourth-order valence-corrected chi connectivity index (χ4v) is 5.20. The second-order valence-corrected chi connectivity index (χ2v) is 8.19. The number of methoxy groups -OCH3 is 1. The third-order valence-corrected chi connectivity index (χ3v) is 6.64. The molecule has 24 heavy (non-hydrogen) atoms. The summed E-state index contributed by atoms with van der Waals surface area (Å²) in [4.78, 5) is 10.2. The predicted molar refractivity (Wildman–Crippen MR) is 101 cm³/mol. The maximum absolute atomic E-state index is 6.27. The average molecular weight is 390 g/mol. The molecule has 2 N–H and O–H groups in total. The molecule has 0 amide bonds. The molecule has 1 fully saturated rings. The number of rotatable bonds is 2. The van der Waals surface area contributed by atoms with Crippen LogP contribution in [-0.2, 0) is 16.8 Å². The lowest BCUT2D eigenvalue weighted by molar-refractivity contribution is -0.000399. The minimum atomic E-state index is -0.528. The van der Waals surface area contributed by atoms with Gasteiger partial charge in [0.1, 0.15) is 5.84 Å². The first-order chi connectivity index (χ1) is 11.5. The van der Waals surface area contributed by atoms with Gasteiger partial charge in [-0.1, -0.05) is 28.9 Å². The van der Waals surface area contributed by atoms with Gasteiger partial charge in [-0.05, 0) is 56.2 Å². The van der Waals surface area contributed by atoms with E-state index in [1.54, 1.807) is 0 Å². The number of fused-ring (bicyclic) bond motifs is 3. The van der Waals surface area contributed by atoms with Crippen LogP contribution in [0.2, 0.25) is 0 Å². The van der Waals surface area contributed by atoms with Crippen molar-refractivity contribution in [3.05, 3.63) is 33.8 Å². The van der Waals surface area contributed by atoms with Crippen LogP contribution in [0.1, 0.15) is 50.2 Å². The normalized spacial score (nSPS) is 34.5. The van der Waals surface area contributed by atoms with Gasteiger partial charge in [-0.15, -0.1) is 0 Å². The molecule has 1 saturated carbocycles. The first kappa shape index (κ1) is 16.3. The van der Waals surface area contributed by atoms with Crippen LogP contribution in [0, 0.1) is 5.41 Å². The Bertz CT molecular complexity index is 734. The number of benzene rings is 1. The standard InChI is InChI=1S/C19H24BrN3O/c1-3-16-17(21)23-19(22-16)15-10-13(20)5-4-12(15)11-18(19)8-6-14(24-2)7-9-18/h4-5,10,14H,3,6-9,11H2,1-2H3,(H2,21,23). The molecule has 0 bridgehead atoms. The summed E-state index contributed by atoms with van der Waals surface area (Å²) in [7, 11) is 1.82. The van der Waals surface area contributed by atoms with E-state index in [1.165, 1.54) is 11.1 Å². The highest BCUT2D eigenvalue weighted by Gasteiger charge is 2.60. The molecule has 1 aliphatic heterocycles. The van der Waals surface area contributed by atoms with E-state index in [2.05, 4.69) is 41.1 Å². The summed E-state index contributed by atoms with van der Waals surface area (Å²) in [6.45, 7) is 2.10. The van der Waals surface area contributed by atoms with Crippen molar-refractivity contribution >= 4 is 27.5 Å². The van der Waals surface area contributed by atoms with Crippen molar-refractivity contribution in [2.75, 3.05) is 7.11 Å². The van der Waals surface area contributed by atoms with Gasteiger partial charge in [-0.3, -0.25) is 4.99 Å².